The minimum absolute atomic E-state index is 0.0895. The maximum atomic E-state index is 11.0. The van der Waals surface area contributed by atoms with Gasteiger partial charge in [-0.05, 0) is 13.8 Å². The van der Waals surface area contributed by atoms with E-state index < -0.39 is 0 Å². The molecule has 0 heterocycles. The molecule has 0 atom stereocenters. The van der Waals surface area contributed by atoms with Crippen LogP contribution in [0.1, 0.15) is 13.8 Å². The summed E-state index contributed by atoms with van der Waals surface area (Å²) in [5, 5.41) is 2.64. The van der Waals surface area contributed by atoms with E-state index in [1.165, 1.54) is 17.1 Å². The zero-order chi connectivity index (χ0) is 10.4. The quantitative estimate of drug-likeness (QED) is 0.635. The number of rotatable bonds is 3. The second-order valence-electron chi connectivity index (χ2n) is 3.23. The minimum atomic E-state index is -0.245. The third kappa shape index (κ3) is 5.90. The standard InChI is InChI=1S/C9H16N2O2/c1-7(2)10-8(12)5-6-9(13)11(3)4/h5-7H,1-4H3,(H,10,12)/b6-5+. The van der Waals surface area contributed by atoms with Gasteiger partial charge in [-0.25, -0.2) is 0 Å². The van der Waals surface area contributed by atoms with E-state index in [1.807, 2.05) is 13.8 Å². The lowest BCUT2D eigenvalue weighted by Gasteiger charge is -2.06. The van der Waals surface area contributed by atoms with E-state index in [-0.39, 0.29) is 17.9 Å². The van der Waals surface area contributed by atoms with Crippen LogP contribution < -0.4 is 5.32 Å². The van der Waals surface area contributed by atoms with E-state index in [0.717, 1.165) is 0 Å². The maximum Gasteiger partial charge on any atom is 0.246 e. The molecule has 0 saturated carbocycles. The molecule has 0 aliphatic carbocycles. The molecule has 0 saturated heterocycles. The number of likely N-dealkylation sites (N-methyl/N-ethyl adjacent to an activating group) is 1. The van der Waals surface area contributed by atoms with Crippen molar-refractivity contribution < 1.29 is 9.59 Å². The first-order valence-corrected chi connectivity index (χ1v) is 4.13. The summed E-state index contributed by atoms with van der Waals surface area (Å²) in [7, 11) is 3.26. The van der Waals surface area contributed by atoms with E-state index in [2.05, 4.69) is 5.32 Å². The monoisotopic (exact) mass is 184 g/mol. The van der Waals surface area contributed by atoms with E-state index >= 15 is 0 Å². The van der Waals surface area contributed by atoms with Crippen LogP contribution >= 0.6 is 0 Å². The van der Waals surface area contributed by atoms with Crippen LogP contribution in [0.15, 0.2) is 12.2 Å². The van der Waals surface area contributed by atoms with Gasteiger partial charge in [-0.1, -0.05) is 0 Å². The van der Waals surface area contributed by atoms with E-state index in [4.69, 9.17) is 0 Å². The Hall–Kier alpha value is -1.32. The van der Waals surface area contributed by atoms with Gasteiger partial charge in [-0.3, -0.25) is 9.59 Å². The molecule has 0 bridgehead atoms. The molecule has 0 aromatic rings. The molecule has 0 aromatic heterocycles. The molecule has 13 heavy (non-hydrogen) atoms. The Labute approximate surface area is 78.6 Å². The normalized spacial score (nSPS) is 10.5. The number of nitrogens with one attached hydrogen (secondary N) is 1. The van der Waals surface area contributed by atoms with Crippen molar-refractivity contribution in [3.63, 3.8) is 0 Å². The molecule has 4 heteroatoms. The van der Waals surface area contributed by atoms with Crippen LogP contribution in [-0.4, -0.2) is 36.9 Å². The molecule has 0 fully saturated rings. The summed E-state index contributed by atoms with van der Waals surface area (Å²) in [5.41, 5.74) is 0. The van der Waals surface area contributed by atoms with E-state index in [0.29, 0.717) is 0 Å². The van der Waals surface area contributed by atoms with Crippen molar-refractivity contribution in [3.8, 4) is 0 Å². The van der Waals surface area contributed by atoms with Crippen LogP contribution in [0.25, 0.3) is 0 Å². The molecule has 0 unspecified atom stereocenters. The highest BCUT2D eigenvalue weighted by atomic mass is 16.2. The highest BCUT2D eigenvalue weighted by Gasteiger charge is 2.00. The Balaban J connectivity index is 3.98. The highest BCUT2D eigenvalue weighted by Crippen LogP contribution is 1.83. The fraction of sp³-hybridized carbons (Fsp3) is 0.556. The third-order valence-corrected chi connectivity index (χ3v) is 1.25. The van der Waals surface area contributed by atoms with Crippen LogP contribution in [0.3, 0.4) is 0 Å². The summed E-state index contributed by atoms with van der Waals surface area (Å²) >= 11 is 0. The van der Waals surface area contributed by atoms with E-state index in [9.17, 15) is 9.59 Å². The molecule has 0 spiro atoms. The van der Waals surface area contributed by atoms with Crippen molar-refractivity contribution in [1.82, 2.24) is 10.2 Å². The summed E-state index contributed by atoms with van der Waals surface area (Å²) in [6, 6.07) is 0.0895. The molecule has 0 rings (SSSR count). The Morgan fingerprint density at radius 1 is 1.23 bits per heavy atom. The van der Waals surface area contributed by atoms with E-state index in [1.54, 1.807) is 14.1 Å². The average Bonchev–Trinajstić information content (AvgIpc) is 1.98. The molecule has 1 N–H and O–H groups in total. The van der Waals surface area contributed by atoms with Gasteiger partial charge in [0, 0.05) is 32.3 Å². The Morgan fingerprint density at radius 3 is 2.15 bits per heavy atom. The molecule has 0 aliphatic rings. The van der Waals surface area contributed by atoms with Crippen LogP contribution in [0.2, 0.25) is 0 Å². The van der Waals surface area contributed by atoms with Gasteiger partial charge in [0.1, 0.15) is 0 Å². The molecular weight excluding hydrogens is 168 g/mol. The molecule has 74 valence electrons. The first-order chi connectivity index (χ1) is 5.93. The topological polar surface area (TPSA) is 49.4 Å². The van der Waals surface area contributed by atoms with Gasteiger partial charge in [0.25, 0.3) is 0 Å². The first-order valence-electron chi connectivity index (χ1n) is 4.13. The molecular formula is C9H16N2O2. The second kappa shape index (κ2) is 5.35. The largest absolute Gasteiger partial charge is 0.350 e. The molecule has 0 aromatic carbocycles. The third-order valence-electron chi connectivity index (χ3n) is 1.25. The molecule has 0 aliphatic heterocycles. The van der Waals surface area contributed by atoms with Gasteiger partial charge in [0.05, 0.1) is 0 Å². The lowest BCUT2D eigenvalue weighted by atomic mass is 10.3. The number of hydrogen-bond acceptors (Lipinski definition) is 2. The number of hydrogen-bond donors (Lipinski definition) is 1. The fourth-order valence-corrected chi connectivity index (χ4v) is 0.629. The van der Waals surface area contributed by atoms with Gasteiger partial charge in [-0.2, -0.15) is 0 Å². The van der Waals surface area contributed by atoms with Gasteiger partial charge in [0.2, 0.25) is 11.8 Å². The van der Waals surface area contributed by atoms with Gasteiger partial charge in [0.15, 0.2) is 0 Å². The molecule has 2 amide bonds. The van der Waals surface area contributed by atoms with Crippen molar-refractivity contribution in [2.45, 2.75) is 19.9 Å². The highest BCUT2D eigenvalue weighted by molar-refractivity contribution is 5.96. The van der Waals surface area contributed by atoms with Crippen LogP contribution in [0.5, 0.6) is 0 Å². The maximum absolute atomic E-state index is 11.0. The van der Waals surface area contributed by atoms with Crippen molar-refractivity contribution >= 4 is 11.8 Å². The van der Waals surface area contributed by atoms with Gasteiger partial charge < -0.3 is 10.2 Å². The number of carbonyl (C=O) groups excluding carboxylic acids is 2. The SMILES string of the molecule is CC(C)NC(=O)/C=C/C(=O)N(C)C. The second-order valence-corrected chi connectivity index (χ2v) is 3.23. The number of amides is 2. The van der Waals surface area contributed by atoms with Crippen LogP contribution in [-0.2, 0) is 9.59 Å². The van der Waals surface area contributed by atoms with Crippen molar-refractivity contribution in [1.29, 1.82) is 0 Å². The predicted octanol–water partition coefficient (Wildman–Crippen LogP) is 0.155. The first kappa shape index (κ1) is 11.7. The summed E-state index contributed by atoms with van der Waals surface area (Å²) in [6.07, 6.45) is 2.49. The smallest absolute Gasteiger partial charge is 0.246 e. The lowest BCUT2D eigenvalue weighted by Crippen LogP contribution is -2.29. The zero-order valence-electron chi connectivity index (χ0n) is 8.50. The summed E-state index contributed by atoms with van der Waals surface area (Å²) in [4.78, 5) is 23.4. The Kier molecular flexibility index (Phi) is 4.80. The average molecular weight is 184 g/mol. The summed E-state index contributed by atoms with van der Waals surface area (Å²) in [6.45, 7) is 3.72. The summed E-state index contributed by atoms with van der Waals surface area (Å²) < 4.78 is 0. The Bertz CT molecular complexity index is 220. The van der Waals surface area contributed by atoms with Gasteiger partial charge >= 0.3 is 0 Å². The number of nitrogens with zero attached hydrogens (tertiary/aromatic N) is 1. The van der Waals surface area contributed by atoms with Crippen LogP contribution in [0, 0.1) is 0 Å². The van der Waals surface area contributed by atoms with Gasteiger partial charge in [-0.15, -0.1) is 0 Å². The van der Waals surface area contributed by atoms with Crippen molar-refractivity contribution in [2.24, 2.45) is 0 Å². The fourth-order valence-electron chi connectivity index (χ4n) is 0.629. The Morgan fingerprint density at radius 2 is 1.77 bits per heavy atom. The molecule has 0 radical (unpaired) electrons. The lowest BCUT2D eigenvalue weighted by molar-refractivity contribution is -0.124. The zero-order valence-corrected chi connectivity index (χ0v) is 8.50. The number of carbonyl (C=O) groups is 2. The predicted molar refractivity (Wildman–Crippen MR) is 51.1 cm³/mol. The van der Waals surface area contributed by atoms with Crippen molar-refractivity contribution in [3.05, 3.63) is 12.2 Å². The van der Waals surface area contributed by atoms with Crippen molar-refractivity contribution in [2.75, 3.05) is 14.1 Å². The molecule has 4 nitrogen and oxygen atoms in total. The van der Waals surface area contributed by atoms with Crippen LogP contribution in [0.4, 0.5) is 0 Å². The summed E-state index contributed by atoms with van der Waals surface area (Å²) in [5.74, 6) is -0.441. The minimum Gasteiger partial charge on any atom is -0.350 e.